The molecule has 2 N–H and O–H groups in total. The third kappa shape index (κ3) is 3.33. The van der Waals surface area contributed by atoms with Crippen molar-refractivity contribution in [3.63, 3.8) is 0 Å². The van der Waals surface area contributed by atoms with Crippen molar-refractivity contribution < 1.29 is 4.79 Å². The lowest BCUT2D eigenvalue weighted by atomic mass is 10.0. The van der Waals surface area contributed by atoms with Crippen LogP contribution in [0.2, 0.25) is 0 Å². The molecule has 0 spiro atoms. The first-order chi connectivity index (χ1) is 9.22. The van der Waals surface area contributed by atoms with Crippen molar-refractivity contribution in [3.8, 4) is 6.07 Å². The lowest BCUT2D eigenvalue weighted by Gasteiger charge is -2.25. The number of benzene rings is 1. The number of carbonyl (C=O) groups is 1. The summed E-state index contributed by atoms with van der Waals surface area (Å²) >= 11 is 0. The van der Waals surface area contributed by atoms with Crippen LogP contribution in [-0.2, 0) is 11.3 Å². The summed E-state index contributed by atoms with van der Waals surface area (Å²) in [4.78, 5) is 14.1. The average molecular weight is 257 g/mol. The number of rotatable bonds is 4. The summed E-state index contributed by atoms with van der Waals surface area (Å²) < 4.78 is 0. The first-order valence-corrected chi connectivity index (χ1v) is 6.67. The van der Waals surface area contributed by atoms with E-state index >= 15 is 0 Å². The molecule has 1 aromatic rings. The van der Waals surface area contributed by atoms with Crippen molar-refractivity contribution in [2.24, 2.45) is 11.7 Å². The van der Waals surface area contributed by atoms with Gasteiger partial charge in [-0.25, -0.2) is 0 Å². The van der Waals surface area contributed by atoms with Crippen molar-refractivity contribution >= 4 is 5.91 Å². The normalized spacial score (nSPS) is 21.9. The minimum atomic E-state index is -0.114. The van der Waals surface area contributed by atoms with Gasteiger partial charge in [0.15, 0.2) is 0 Å². The number of carbonyl (C=O) groups excluding carboxylic acids is 1. The van der Waals surface area contributed by atoms with Crippen LogP contribution < -0.4 is 5.73 Å². The van der Waals surface area contributed by atoms with Crippen LogP contribution in [0.25, 0.3) is 0 Å². The van der Waals surface area contributed by atoms with Gasteiger partial charge in [0.2, 0.25) is 5.91 Å². The first-order valence-electron chi connectivity index (χ1n) is 6.67. The number of nitrogens with two attached hydrogens (primary N) is 1. The van der Waals surface area contributed by atoms with Gasteiger partial charge in [0, 0.05) is 12.6 Å². The van der Waals surface area contributed by atoms with Gasteiger partial charge in [-0.15, -0.1) is 0 Å². The van der Waals surface area contributed by atoms with E-state index in [0.29, 0.717) is 6.54 Å². The monoisotopic (exact) mass is 257 g/mol. The third-order valence-electron chi connectivity index (χ3n) is 3.68. The van der Waals surface area contributed by atoms with Crippen molar-refractivity contribution in [1.82, 2.24) is 4.90 Å². The van der Waals surface area contributed by atoms with Gasteiger partial charge in [-0.1, -0.05) is 36.8 Å². The number of nitriles is 1. The van der Waals surface area contributed by atoms with Gasteiger partial charge >= 0.3 is 0 Å². The molecule has 19 heavy (non-hydrogen) atoms. The Morgan fingerprint density at radius 2 is 2.11 bits per heavy atom. The second-order valence-electron chi connectivity index (χ2n) is 5.04. The third-order valence-corrected chi connectivity index (χ3v) is 3.68. The molecule has 1 amide bonds. The fourth-order valence-corrected chi connectivity index (χ4v) is 2.63. The molecule has 0 aliphatic heterocycles. The SMILES string of the molecule is N#CCN(Cc1ccccc1)C(=O)C1CCCC1N. The lowest BCUT2D eigenvalue weighted by molar-refractivity contribution is -0.135. The van der Waals surface area contributed by atoms with Crippen LogP contribution in [0.5, 0.6) is 0 Å². The van der Waals surface area contributed by atoms with Crippen LogP contribution in [0.3, 0.4) is 0 Å². The summed E-state index contributed by atoms with van der Waals surface area (Å²) in [5, 5.41) is 8.90. The smallest absolute Gasteiger partial charge is 0.228 e. The van der Waals surface area contributed by atoms with Gasteiger partial charge < -0.3 is 10.6 Å². The highest BCUT2D eigenvalue weighted by Crippen LogP contribution is 2.26. The summed E-state index contributed by atoms with van der Waals surface area (Å²) in [5.41, 5.74) is 7.02. The molecule has 0 bridgehead atoms. The second-order valence-corrected chi connectivity index (χ2v) is 5.04. The zero-order valence-electron chi connectivity index (χ0n) is 11.0. The minimum absolute atomic E-state index is 0.0235. The highest BCUT2D eigenvalue weighted by atomic mass is 16.2. The summed E-state index contributed by atoms with van der Waals surface area (Å²) in [5.74, 6) is -0.0903. The summed E-state index contributed by atoms with van der Waals surface area (Å²) in [6.45, 7) is 0.605. The second kappa shape index (κ2) is 6.35. The van der Waals surface area contributed by atoms with E-state index in [2.05, 4.69) is 6.07 Å². The Kier molecular flexibility index (Phi) is 4.53. The number of amides is 1. The molecule has 100 valence electrons. The number of hydrogen-bond acceptors (Lipinski definition) is 3. The van der Waals surface area contributed by atoms with E-state index in [1.807, 2.05) is 30.3 Å². The standard InChI is InChI=1S/C15H19N3O/c16-9-10-18(11-12-5-2-1-3-6-12)15(19)13-7-4-8-14(13)17/h1-3,5-6,13-14H,4,7-8,10-11,17H2. The van der Waals surface area contributed by atoms with Crippen LogP contribution in [0, 0.1) is 17.2 Å². The average Bonchev–Trinajstić information content (AvgIpc) is 2.85. The molecule has 0 aromatic heterocycles. The summed E-state index contributed by atoms with van der Waals surface area (Å²) in [6.07, 6.45) is 2.75. The molecule has 0 heterocycles. The van der Waals surface area contributed by atoms with Crippen molar-refractivity contribution in [1.29, 1.82) is 5.26 Å². The van der Waals surface area contributed by atoms with E-state index in [4.69, 9.17) is 11.0 Å². The molecule has 0 radical (unpaired) electrons. The molecule has 4 nitrogen and oxygen atoms in total. The Labute approximate surface area is 113 Å². The van der Waals surface area contributed by atoms with E-state index in [1.54, 1.807) is 4.90 Å². The zero-order valence-corrected chi connectivity index (χ0v) is 11.0. The Morgan fingerprint density at radius 1 is 1.37 bits per heavy atom. The molecule has 0 saturated heterocycles. The first kappa shape index (κ1) is 13.6. The molecule has 1 saturated carbocycles. The van der Waals surface area contributed by atoms with Gasteiger partial charge in [-0.2, -0.15) is 5.26 Å². The maximum Gasteiger partial charge on any atom is 0.228 e. The summed E-state index contributed by atoms with van der Waals surface area (Å²) in [6, 6.07) is 11.8. The maximum atomic E-state index is 12.4. The predicted molar refractivity (Wildman–Crippen MR) is 72.8 cm³/mol. The molecule has 4 heteroatoms. The van der Waals surface area contributed by atoms with Crippen molar-refractivity contribution in [2.75, 3.05) is 6.54 Å². The Hall–Kier alpha value is -1.86. The van der Waals surface area contributed by atoms with Gasteiger partial charge in [-0.05, 0) is 18.4 Å². The zero-order chi connectivity index (χ0) is 13.7. The highest BCUT2D eigenvalue weighted by molar-refractivity contribution is 5.80. The van der Waals surface area contributed by atoms with Gasteiger partial charge in [0.05, 0.1) is 12.0 Å². The molecular weight excluding hydrogens is 238 g/mol. The largest absolute Gasteiger partial charge is 0.327 e. The quantitative estimate of drug-likeness (QED) is 0.834. The minimum Gasteiger partial charge on any atom is -0.327 e. The number of nitrogens with zero attached hydrogens (tertiary/aromatic N) is 2. The van der Waals surface area contributed by atoms with Crippen LogP contribution in [-0.4, -0.2) is 23.4 Å². The lowest BCUT2D eigenvalue weighted by Crippen LogP contribution is -2.41. The molecule has 2 rings (SSSR count). The fourth-order valence-electron chi connectivity index (χ4n) is 2.63. The highest BCUT2D eigenvalue weighted by Gasteiger charge is 2.33. The van der Waals surface area contributed by atoms with E-state index in [-0.39, 0.29) is 24.4 Å². The van der Waals surface area contributed by atoms with Crippen LogP contribution in [0.1, 0.15) is 24.8 Å². The van der Waals surface area contributed by atoms with Gasteiger partial charge in [-0.3, -0.25) is 4.79 Å². The van der Waals surface area contributed by atoms with E-state index in [0.717, 1.165) is 24.8 Å². The molecule has 1 aromatic carbocycles. The summed E-state index contributed by atoms with van der Waals surface area (Å²) in [7, 11) is 0. The Bertz CT molecular complexity index is 466. The van der Waals surface area contributed by atoms with Crippen LogP contribution >= 0.6 is 0 Å². The fraction of sp³-hybridized carbons (Fsp3) is 0.467. The van der Waals surface area contributed by atoms with Crippen LogP contribution in [0.15, 0.2) is 30.3 Å². The molecule has 2 unspecified atom stereocenters. The molecule has 1 aliphatic rings. The Balaban J connectivity index is 2.07. The topological polar surface area (TPSA) is 70.1 Å². The van der Waals surface area contributed by atoms with Gasteiger partial charge in [0.25, 0.3) is 0 Å². The van der Waals surface area contributed by atoms with E-state index in [1.165, 1.54) is 0 Å². The van der Waals surface area contributed by atoms with Gasteiger partial charge in [0.1, 0.15) is 6.54 Å². The maximum absolute atomic E-state index is 12.4. The predicted octanol–water partition coefficient (Wildman–Crippen LogP) is 1.67. The molecule has 1 fully saturated rings. The molecule has 1 aliphatic carbocycles. The molecule has 2 atom stereocenters. The number of hydrogen-bond donors (Lipinski definition) is 1. The van der Waals surface area contributed by atoms with E-state index in [9.17, 15) is 4.79 Å². The van der Waals surface area contributed by atoms with Crippen LogP contribution in [0.4, 0.5) is 0 Å². The van der Waals surface area contributed by atoms with Crippen molar-refractivity contribution in [3.05, 3.63) is 35.9 Å². The Morgan fingerprint density at radius 3 is 2.68 bits per heavy atom. The van der Waals surface area contributed by atoms with E-state index < -0.39 is 0 Å². The van der Waals surface area contributed by atoms with Crippen molar-refractivity contribution in [2.45, 2.75) is 31.8 Å². The molecular formula is C15H19N3O.